The molecule has 0 bridgehead atoms. The van der Waals surface area contributed by atoms with Crippen LogP contribution in [0.5, 0.6) is 0 Å². The SMILES string of the molecule is CCCc1nnc(NC(=O)c2ccc(S(=O)(=O)Nc3ccc(C)c(C)c3)cc2)s1. The van der Waals surface area contributed by atoms with Crippen LogP contribution in [0.2, 0.25) is 0 Å². The van der Waals surface area contributed by atoms with Crippen molar-refractivity contribution in [1.82, 2.24) is 10.2 Å². The standard InChI is InChI=1S/C20H22N4O3S2/c1-4-5-18-22-23-20(28-18)21-19(25)15-7-10-17(11-8-15)29(26,27)24-16-9-6-13(2)14(3)12-16/h6-12,24H,4-5H2,1-3H3,(H,21,23,25). The van der Waals surface area contributed by atoms with Crippen LogP contribution in [0, 0.1) is 13.8 Å². The summed E-state index contributed by atoms with van der Waals surface area (Å²) in [4.78, 5) is 12.4. The lowest BCUT2D eigenvalue weighted by Crippen LogP contribution is -2.15. The zero-order valence-electron chi connectivity index (χ0n) is 16.4. The normalized spacial score (nSPS) is 11.3. The van der Waals surface area contributed by atoms with Gasteiger partial charge in [0, 0.05) is 17.7 Å². The molecule has 0 aliphatic rings. The molecule has 0 fully saturated rings. The lowest BCUT2D eigenvalue weighted by atomic mass is 10.1. The first kappa shape index (κ1) is 20.9. The predicted molar refractivity (Wildman–Crippen MR) is 115 cm³/mol. The molecule has 1 aromatic heterocycles. The van der Waals surface area contributed by atoms with E-state index in [0.717, 1.165) is 29.0 Å². The highest BCUT2D eigenvalue weighted by molar-refractivity contribution is 7.92. The summed E-state index contributed by atoms with van der Waals surface area (Å²) < 4.78 is 27.8. The molecule has 3 aromatic rings. The zero-order chi connectivity index (χ0) is 21.0. The topological polar surface area (TPSA) is 101 Å². The van der Waals surface area contributed by atoms with E-state index in [1.54, 1.807) is 12.1 Å². The van der Waals surface area contributed by atoms with Crippen LogP contribution in [0.4, 0.5) is 10.8 Å². The molecule has 2 N–H and O–H groups in total. The number of carbonyl (C=O) groups excluding carboxylic acids is 1. The van der Waals surface area contributed by atoms with E-state index < -0.39 is 10.0 Å². The van der Waals surface area contributed by atoms with Gasteiger partial charge >= 0.3 is 0 Å². The minimum atomic E-state index is -3.75. The van der Waals surface area contributed by atoms with E-state index in [0.29, 0.717) is 16.4 Å². The summed E-state index contributed by atoms with van der Waals surface area (Å²) in [6.07, 6.45) is 1.77. The highest BCUT2D eigenvalue weighted by Crippen LogP contribution is 2.21. The van der Waals surface area contributed by atoms with Gasteiger partial charge in [-0.05, 0) is 67.8 Å². The fourth-order valence-electron chi connectivity index (χ4n) is 2.59. The lowest BCUT2D eigenvalue weighted by Gasteiger charge is -2.10. The molecule has 0 spiro atoms. The van der Waals surface area contributed by atoms with Gasteiger partial charge in [-0.15, -0.1) is 10.2 Å². The van der Waals surface area contributed by atoms with Crippen molar-refractivity contribution < 1.29 is 13.2 Å². The Kier molecular flexibility index (Phi) is 6.29. The van der Waals surface area contributed by atoms with Crippen molar-refractivity contribution in [3.05, 3.63) is 64.2 Å². The van der Waals surface area contributed by atoms with Crippen LogP contribution in [-0.4, -0.2) is 24.5 Å². The highest BCUT2D eigenvalue weighted by Gasteiger charge is 2.16. The number of hydrogen-bond acceptors (Lipinski definition) is 6. The van der Waals surface area contributed by atoms with E-state index in [1.807, 2.05) is 26.8 Å². The summed E-state index contributed by atoms with van der Waals surface area (Å²) in [5.74, 6) is -0.365. The Morgan fingerprint density at radius 3 is 2.41 bits per heavy atom. The van der Waals surface area contributed by atoms with Crippen molar-refractivity contribution in [3.8, 4) is 0 Å². The fourth-order valence-corrected chi connectivity index (χ4v) is 4.48. The quantitative estimate of drug-likeness (QED) is 0.586. The molecule has 0 aliphatic heterocycles. The fraction of sp³-hybridized carbons (Fsp3) is 0.250. The average Bonchev–Trinajstić information content (AvgIpc) is 3.12. The number of amides is 1. The minimum Gasteiger partial charge on any atom is -0.296 e. The van der Waals surface area contributed by atoms with Gasteiger partial charge in [-0.25, -0.2) is 8.42 Å². The molecule has 0 aliphatic carbocycles. The third kappa shape index (κ3) is 5.18. The Morgan fingerprint density at radius 1 is 1.03 bits per heavy atom. The van der Waals surface area contributed by atoms with Gasteiger partial charge in [-0.2, -0.15) is 0 Å². The molecule has 7 nitrogen and oxygen atoms in total. The van der Waals surface area contributed by atoms with Crippen molar-refractivity contribution in [2.45, 2.75) is 38.5 Å². The zero-order valence-corrected chi connectivity index (χ0v) is 18.0. The van der Waals surface area contributed by atoms with Crippen molar-refractivity contribution in [3.63, 3.8) is 0 Å². The molecule has 0 saturated carbocycles. The van der Waals surface area contributed by atoms with E-state index in [1.165, 1.54) is 35.6 Å². The van der Waals surface area contributed by atoms with E-state index >= 15 is 0 Å². The molecule has 0 unspecified atom stereocenters. The van der Waals surface area contributed by atoms with E-state index in [2.05, 4.69) is 20.2 Å². The molecule has 0 radical (unpaired) electrons. The Bertz CT molecular complexity index is 1120. The number of nitrogens with one attached hydrogen (secondary N) is 2. The molecule has 152 valence electrons. The molecule has 2 aromatic carbocycles. The summed E-state index contributed by atoms with van der Waals surface area (Å²) in [5, 5.41) is 11.9. The number of carbonyl (C=O) groups is 1. The summed E-state index contributed by atoms with van der Waals surface area (Å²) in [6, 6.07) is 11.1. The summed E-state index contributed by atoms with van der Waals surface area (Å²) >= 11 is 1.33. The number of hydrogen-bond donors (Lipinski definition) is 2. The Hall–Kier alpha value is -2.78. The molecular formula is C20H22N4O3S2. The summed E-state index contributed by atoms with van der Waals surface area (Å²) in [6.45, 7) is 5.93. The van der Waals surface area contributed by atoms with Crippen molar-refractivity contribution >= 4 is 38.1 Å². The third-order valence-electron chi connectivity index (χ3n) is 4.34. The Labute approximate surface area is 174 Å². The van der Waals surface area contributed by atoms with Gasteiger partial charge in [0.1, 0.15) is 5.01 Å². The average molecular weight is 431 g/mol. The first-order valence-corrected chi connectivity index (χ1v) is 11.4. The molecule has 0 atom stereocenters. The summed E-state index contributed by atoms with van der Waals surface area (Å²) in [5.41, 5.74) is 2.91. The van der Waals surface area contributed by atoms with Gasteiger partial charge in [0.05, 0.1) is 4.90 Å². The maximum Gasteiger partial charge on any atom is 0.261 e. The maximum atomic E-state index is 12.6. The number of nitrogens with zero attached hydrogens (tertiary/aromatic N) is 2. The molecular weight excluding hydrogens is 408 g/mol. The van der Waals surface area contributed by atoms with Gasteiger partial charge in [-0.1, -0.05) is 24.3 Å². The molecule has 1 amide bonds. The van der Waals surface area contributed by atoms with Crippen LogP contribution in [0.15, 0.2) is 47.4 Å². The van der Waals surface area contributed by atoms with Gasteiger partial charge < -0.3 is 0 Å². The van der Waals surface area contributed by atoms with Crippen LogP contribution in [0.1, 0.15) is 39.8 Å². The van der Waals surface area contributed by atoms with Gasteiger partial charge in [0.2, 0.25) is 5.13 Å². The molecule has 29 heavy (non-hydrogen) atoms. The maximum absolute atomic E-state index is 12.6. The van der Waals surface area contributed by atoms with Crippen LogP contribution in [-0.2, 0) is 16.4 Å². The van der Waals surface area contributed by atoms with E-state index in [4.69, 9.17) is 0 Å². The number of benzene rings is 2. The third-order valence-corrected chi connectivity index (χ3v) is 6.63. The smallest absolute Gasteiger partial charge is 0.261 e. The van der Waals surface area contributed by atoms with E-state index in [-0.39, 0.29) is 10.8 Å². The second-order valence-corrected chi connectivity index (χ2v) is 9.38. The predicted octanol–water partition coefficient (Wildman–Crippen LogP) is 4.16. The van der Waals surface area contributed by atoms with Crippen molar-refractivity contribution in [2.24, 2.45) is 0 Å². The van der Waals surface area contributed by atoms with Gasteiger partial charge in [0.15, 0.2) is 0 Å². The number of sulfonamides is 1. The molecule has 9 heteroatoms. The Balaban J connectivity index is 1.70. The molecule has 0 saturated heterocycles. The number of rotatable bonds is 7. The first-order valence-electron chi connectivity index (χ1n) is 9.12. The number of aryl methyl sites for hydroxylation is 3. The molecule has 1 heterocycles. The second kappa shape index (κ2) is 8.71. The van der Waals surface area contributed by atoms with Crippen LogP contribution in [0.3, 0.4) is 0 Å². The minimum absolute atomic E-state index is 0.0772. The summed E-state index contributed by atoms with van der Waals surface area (Å²) in [7, 11) is -3.75. The van der Waals surface area contributed by atoms with E-state index in [9.17, 15) is 13.2 Å². The van der Waals surface area contributed by atoms with Crippen LogP contribution in [0.25, 0.3) is 0 Å². The monoisotopic (exact) mass is 430 g/mol. The van der Waals surface area contributed by atoms with Crippen molar-refractivity contribution in [2.75, 3.05) is 10.0 Å². The molecule has 3 rings (SSSR count). The van der Waals surface area contributed by atoms with Crippen molar-refractivity contribution in [1.29, 1.82) is 0 Å². The van der Waals surface area contributed by atoms with Crippen LogP contribution < -0.4 is 10.0 Å². The number of anilines is 2. The van der Waals surface area contributed by atoms with Crippen LogP contribution >= 0.6 is 11.3 Å². The lowest BCUT2D eigenvalue weighted by molar-refractivity contribution is 0.102. The van der Waals surface area contributed by atoms with Gasteiger partial charge in [0.25, 0.3) is 15.9 Å². The second-order valence-electron chi connectivity index (χ2n) is 6.63. The Morgan fingerprint density at radius 2 is 1.76 bits per heavy atom. The number of aromatic nitrogens is 2. The van der Waals surface area contributed by atoms with Gasteiger partial charge in [-0.3, -0.25) is 14.8 Å². The highest BCUT2D eigenvalue weighted by atomic mass is 32.2. The largest absolute Gasteiger partial charge is 0.296 e. The first-order chi connectivity index (χ1) is 13.8.